The predicted molar refractivity (Wildman–Crippen MR) is 185 cm³/mol. The summed E-state index contributed by atoms with van der Waals surface area (Å²) in [5.74, 6) is 0.638. The molecule has 9 aromatic rings. The molecule has 214 valence electrons. The summed E-state index contributed by atoms with van der Waals surface area (Å²) in [5, 5.41) is 13.8. The van der Waals surface area contributed by atoms with Crippen molar-refractivity contribution in [1.82, 2.24) is 14.5 Å². The van der Waals surface area contributed by atoms with Crippen LogP contribution in [-0.4, -0.2) is 14.5 Å². The van der Waals surface area contributed by atoms with Gasteiger partial charge in [0.2, 0.25) is 0 Å². The molecule has 46 heavy (non-hydrogen) atoms. The third-order valence-corrected chi connectivity index (χ3v) is 8.66. The second-order valence-electron chi connectivity index (χ2n) is 11.4. The van der Waals surface area contributed by atoms with E-state index in [9.17, 15) is 5.26 Å². The Bertz CT molecular complexity index is 2640. The fourth-order valence-electron chi connectivity index (χ4n) is 6.48. The number of rotatable bonds is 4. The Morgan fingerprint density at radius 2 is 1.17 bits per heavy atom. The van der Waals surface area contributed by atoms with E-state index in [4.69, 9.17) is 14.4 Å². The minimum Gasteiger partial charge on any atom is -0.454 e. The van der Waals surface area contributed by atoms with Crippen LogP contribution >= 0.6 is 0 Å². The Balaban J connectivity index is 1.27. The average Bonchev–Trinajstić information content (AvgIpc) is 3.67. The predicted octanol–water partition coefficient (Wildman–Crippen LogP) is 10.3. The smallest absolute Gasteiger partial charge is 0.160 e. The lowest BCUT2D eigenvalue weighted by Gasteiger charge is -2.11. The highest BCUT2D eigenvalue weighted by Crippen LogP contribution is 2.39. The summed E-state index contributed by atoms with van der Waals surface area (Å²) in [4.78, 5) is 10.1. The first kappa shape index (κ1) is 25.9. The monoisotopic (exact) mass is 588 g/mol. The molecule has 5 nitrogen and oxygen atoms in total. The fraction of sp³-hybridized carbons (Fsp3) is 0. The van der Waals surface area contributed by atoms with Crippen LogP contribution in [-0.2, 0) is 0 Å². The van der Waals surface area contributed by atoms with Crippen molar-refractivity contribution in [2.75, 3.05) is 0 Å². The minimum atomic E-state index is 0.612. The lowest BCUT2D eigenvalue weighted by Crippen LogP contribution is -1.97. The molecule has 0 saturated heterocycles. The van der Waals surface area contributed by atoms with Crippen LogP contribution in [0.15, 0.2) is 150 Å². The van der Waals surface area contributed by atoms with Gasteiger partial charge in [0.15, 0.2) is 11.4 Å². The first-order valence-corrected chi connectivity index (χ1v) is 15.1. The molecule has 5 heteroatoms. The zero-order valence-corrected chi connectivity index (χ0v) is 24.6. The molecule has 0 aliphatic carbocycles. The van der Waals surface area contributed by atoms with Gasteiger partial charge in [-0.25, -0.2) is 9.97 Å². The number of nitriles is 1. The number of hydrogen-bond acceptors (Lipinski definition) is 4. The Hall–Kier alpha value is -6.51. The van der Waals surface area contributed by atoms with E-state index in [-0.39, 0.29) is 0 Å². The summed E-state index contributed by atoms with van der Waals surface area (Å²) in [7, 11) is 0. The summed E-state index contributed by atoms with van der Waals surface area (Å²) in [5.41, 5.74) is 10.0. The SMILES string of the molecule is N#Cc1ccc(-c2cc(-c3ccccc3)nc(-c3ccc4c(c3)c3ccccc3n4-c3cccc4c3oc3ccccc34)n2)cc1. The van der Waals surface area contributed by atoms with Crippen molar-refractivity contribution < 1.29 is 4.42 Å². The maximum absolute atomic E-state index is 9.32. The molecule has 9 rings (SSSR count). The quantitative estimate of drug-likeness (QED) is 0.205. The molecular weight excluding hydrogens is 564 g/mol. The molecule has 0 bridgehead atoms. The second-order valence-corrected chi connectivity index (χ2v) is 11.4. The molecule has 3 aromatic heterocycles. The summed E-state index contributed by atoms with van der Waals surface area (Å²) >= 11 is 0. The highest BCUT2D eigenvalue weighted by Gasteiger charge is 2.19. The van der Waals surface area contributed by atoms with E-state index in [2.05, 4.69) is 89.5 Å². The highest BCUT2D eigenvalue weighted by molar-refractivity contribution is 6.13. The van der Waals surface area contributed by atoms with Gasteiger partial charge in [-0.05, 0) is 54.6 Å². The van der Waals surface area contributed by atoms with Gasteiger partial charge in [0, 0.05) is 38.2 Å². The van der Waals surface area contributed by atoms with Crippen LogP contribution in [0.4, 0.5) is 0 Å². The third kappa shape index (κ3) is 4.09. The molecule has 3 heterocycles. The molecule has 0 saturated carbocycles. The highest BCUT2D eigenvalue weighted by atomic mass is 16.3. The summed E-state index contributed by atoms with van der Waals surface area (Å²) in [6.45, 7) is 0. The van der Waals surface area contributed by atoms with Crippen LogP contribution in [0.1, 0.15) is 5.56 Å². The van der Waals surface area contributed by atoms with Crippen LogP contribution in [0.25, 0.3) is 83.3 Å². The van der Waals surface area contributed by atoms with Crippen LogP contribution in [0.3, 0.4) is 0 Å². The van der Waals surface area contributed by atoms with Crippen LogP contribution < -0.4 is 0 Å². The number of nitrogens with zero attached hydrogens (tertiary/aromatic N) is 4. The summed E-state index contributed by atoms with van der Waals surface area (Å²) < 4.78 is 8.76. The van der Waals surface area contributed by atoms with Crippen molar-refractivity contribution >= 4 is 43.7 Å². The van der Waals surface area contributed by atoms with E-state index in [1.165, 1.54) is 0 Å². The van der Waals surface area contributed by atoms with Gasteiger partial charge < -0.3 is 8.98 Å². The van der Waals surface area contributed by atoms with E-state index < -0.39 is 0 Å². The zero-order chi connectivity index (χ0) is 30.6. The maximum Gasteiger partial charge on any atom is 0.160 e. The zero-order valence-electron chi connectivity index (χ0n) is 24.6. The number of fused-ring (bicyclic) bond motifs is 6. The van der Waals surface area contributed by atoms with E-state index in [1.807, 2.05) is 66.7 Å². The average molecular weight is 589 g/mol. The topological polar surface area (TPSA) is 67.6 Å². The molecule has 0 radical (unpaired) electrons. The Morgan fingerprint density at radius 3 is 1.98 bits per heavy atom. The van der Waals surface area contributed by atoms with E-state index in [1.54, 1.807) is 0 Å². The van der Waals surface area contributed by atoms with Gasteiger partial charge in [-0.15, -0.1) is 0 Å². The van der Waals surface area contributed by atoms with Crippen molar-refractivity contribution in [2.24, 2.45) is 0 Å². The molecule has 0 N–H and O–H groups in total. The van der Waals surface area contributed by atoms with Crippen molar-refractivity contribution in [3.8, 4) is 45.7 Å². The van der Waals surface area contributed by atoms with Crippen LogP contribution in [0, 0.1) is 11.3 Å². The van der Waals surface area contributed by atoms with Crippen LogP contribution in [0.5, 0.6) is 0 Å². The van der Waals surface area contributed by atoms with Crippen molar-refractivity contribution in [2.45, 2.75) is 0 Å². The Kier molecular flexibility index (Phi) is 5.81. The molecular formula is C41H24N4O. The Morgan fingerprint density at radius 1 is 0.522 bits per heavy atom. The van der Waals surface area contributed by atoms with E-state index in [0.717, 1.165) is 77.5 Å². The third-order valence-electron chi connectivity index (χ3n) is 8.66. The van der Waals surface area contributed by atoms with Gasteiger partial charge in [0.25, 0.3) is 0 Å². The van der Waals surface area contributed by atoms with Gasteiger partial charge >= 0.3 is 0 Å². The van der Waals surface area contributed by atoms with Crippen molar-refractivity contribution in [1.29, 1.82) is 5.26 Å². The molecule has 0 fully saturated rings. The van der Waals surface area contributed by atoms with Crippen molar-refractivity contribution in [3.05, 3.63) is 151 Å². The van der Waals surface area contributed by atoms with Gasteiger partial charge in [-0.2, -0.15) is 5.26 Å². The van der Waals surface area contributed by atoms with Crippen LogP contribution in [0.2, 0.25) is 0 Å². The molecule has 0 unspecified atom stereocenters. The fourth-order valence-corrected chi connectivity index (χ4v) is 6.48. The first-order chi connectivity index (χ1) is 22.7. The number of aromatic nitrogens is 3. The number of benzene rings is 6. The Labute approximate surface area is 264 Å². The summed E-state index contributed by atoms with van der Waals surface area (Å²) in [6, 6.07) is 51.4. The molecule has 0 spiro atoms. The normalized spacial score (nSPS) is 11.5. The number of hydrogen-bond donors (Lipinski definition) is 0. The standard InChI is InChI=1S/C41H24N4O/c42-25-26-17-19-28(20-18-26)35-24-34(27-9-2-1-3-10-27)43-41(44-35)29-21-22-37-33(23-29)30-11-4-6-14-36(30)45(37)38-15-8-13-32-31-12-5-7-16-39(31)46-40(32)38/h1-24H. The molecule has 0 aliphatic heterocycles. The first-order valence-electron chi connectivity index (χ1n) is 15.1. The van der Waals surface area contributed by atoms with Crippen molar-refractivity contribution in [3.63, 3.8) is 0 Å². The summed E-state index contributed by atoms with van der Waals surface area (Å²) in [6.07, 6.45) is 0. The minimum absolute atomic E-state index is 0.612. The van der Waals surface area contributed by atoms with Gasteiger partial charge in [0.05, 0.1) is 39.7 Å². The lowest BCUT2D eigenvalue weighted by atomic mass is 10.0. The van der Waals surface area contributed by atoms with Gasteiger partial charge in [-0.3, -0.25) is 0 Å². The molecule has 6 aromatic carbocycles. The van der Waals surface area contributed by atoms with E-state index >= 15 is 0 Å². The lowest BCUT2D eigenvalue weighted by molar-refractivity contribution is 0.666. The molecule has 0 amide bonds. The number of furan rings is 1. The van der Waals surface area contributed by atoms with Gasteiger partial charge in [-0.1, -0.05) is 91.0 Å². The number of para-hydroxylation sites is 3. The molecule has 0 atom stereocenters. The van der Waals surface area contributed by atoms with E-state index in [0.29, 0.717) is 11.4 Å². The molecule has 0 aliphatic rings. The maximum atomic E-state index is 9.32. The second kappa shape index (κ2) is 10.3. The largest absolute Gasteiger partial charge is 0.454 e. The van der Waals surface area contributed by atoms with Gasteiger partial charge in [0.1, 0.15) is 5.58 Å².